The second-order valence-corrected chi connectivity index (χ2v) is 5.67. The smallest absolute Gasteiger partial charge is 0.308 e. The van der Waals surface area contributed by atoms with Gasteiger partial charge in [-0.15, -0.1) is 0 Å². The molecule has 0 spiro atoms. The predicted octanol–water partition coefficient (Wildman–Crippen LogP) is 2.33. The molecule has 0 aliphatic heterocycles. The molecule has 0 fully saturated rings. The number of anilines is 1. The van der Waals surface area contributed by atoms with Crippen molar-refractivity contribution < 1.29 is 9.90 Å². The fraction of sp³-hybridized carbons (Fsp3) is 0.615. The van der Waals surface area contributed by atoms with Gasteiger partial charge in [-0.3, -0.25) is 4.79 Å². The molecule has 1 aromatic rings. The van der Waals surface area contributed by atoms with E-state index >= 15 is 0 Å². The Balaban J connectivity index is 2.60. The monoisotopic (exact) mass is 251 g/mol. The fourth-order valence-electron chi connectivity index (χ4n) is 1.77. The summed E-state index contributed by atoms with van der Waals surface area (Å²) in [7, 11) is 0. The summed E-state index contributed by atoms with van der Waals surface area (Å²) in [6, 6.07) is 1.74. The molecule has 0 aromatic carbocycles. The molecule has 100 valence electrons. The first kappa shape index (κ1) is 14.4. The Morgan fingerprint density at radius 3 is 2.67 bits per heavy atom. The topological polar surface area (TPSA) is 75.1 Å². The average molecular weight is 251 g/mol. The maximum Gasteiger partial charge on any atom is 0.308 e. The summed E-state index contributed by atoms with van der Waals surface area (Å²) in [6.45, 7) is 8.30. The third-order valence-corrected chi connectivity index (χ3v) is 2.51. The maximum atomic E-state index is 11.2. The molecule has 1 rings (SSSR count). The van der Waals surface area contributed by atoms with Crippen molar-refractivity contribution in [3.8, 4) is 0 Å². The number of nitrogens with zero attached hydrogens (tertiary/aromatic N) is 2. The van der Waals surface area contributed by atoms with Gasteiger partial charge in [0.1, 0.15) is 11.6 Å². The summed E-state index contributed by atoms with van der Waals surface area (Å²) in [6.07, 6.45) is 2.28. The van der Waals surface area contributed by atoms with E-state index in [0.29, 0.717) is 24.6 Å². The van der Waals surface area contributed by atoms with E-state index in [1.165, 1.54) is 0 Å². The summed E-state index contributed by atoms with van der Waals surface area (Å²) < 4.78 is 0. The molecule has 1 atom stereocenters. The Bertz CT molecular complexity index is 413. The Labute approximate surface area is 108 Å². The zero-order chi connectivity index (χ0) is 13.8. The second-order valence-electron chi connectivity index (χ2n) is 5.67. The highest BCUT2D eigenvalue weighted by Gasteiger charge is 2.24. The van der Waals surface area contributed by atoms with E-state index in [0.717, 1.165) is 0 Å². The van der Waals surface area contributed by atoms with Gasteiger partial charge in [0.25, 0.3) is 0 Å². The number of nitrogens with one attached hydrogen (secondary N) is 1. The van der Waals surface area contributed by atoms with Gasteiger partial charge in [0, 0.05) is 12.7 Å². The molecule has 0 aliphatic carbocycles. The molecule has 2 N–H and O–H groups in total. The second kappa shape index (κ2) is 5.80. The van der Waals surface area contributed by atoms with Crippen LogP contribution >= 0.6 is 0 Å². The third-order valence-electron chi connectivity index (χ3n) is 2.51. The van der Waals surface area contributed by atoms with Crippen LogP contribution in [0.15, 0.2) is 12.3 Å². The fourth-order valence-corrected chi connectivity index (χ4v) is 1.77. The molecule has 1 heterocycles. The Hall–Kier alpha value is -1.65. The number of hydrogen-bond donors (Lipinski definition) is 2. The van der Waals surface area contributed by atoms with Crippen molar-refractivity contribution in [2.75, 3.05) is 11.9 Å². The highest BCUT2D eigenvalue weighted by atomic mass is 16.4. The SMILES string of the molecule is Cc1nccc(NCC(CC(C)(C)C)C(=O)O)n1. The Morgan fingerprint density at radius 2 is 2.17 bits per heavy atom. The number of carboxylic acid groups (broad SMARTS) is 1. The number of hydrogen-bond acceptors (Lipinski definition) is 4. The first-order valence-corrected chi connectivity index (χ1v) is 6.04. The van der Waals surface area contributed by atoms with Crippen molar-refractivity contribution in [3.05, 3.63) is 18.1 Å². The number of carboxylic acids is 1. The molecular formula is C13H21N3O2. The van der Waals surface area contributed by atoms with Gasteiger partial charge in [-0.1, -0.05) is 20.8 Å². The van der Waals surface area contributed by atoms with Gasteiger partial charge in [0.15, 0.2) is 0 Å². The van der Waals surface area contributed by atoms with Gasteiger partial charge >= 0.3 is 5.97 Å². The molecule has 0 aliphatic rings. The lowest BCUT2D eigenvalue weighted by molar-refractivity contribution is -0.142. The van der Waals surface area contributed by atoms with E-state index in [-0.39, 0.29) is 5.41 Å². The van der Waals surface area contributed by atoms with Gasteiger partial charge in [-0.05, 0) is 24.8 Å². The molecule has 0 amide bonds. The van der Waals surface area contributed by atoms with E-state index in [9.17, 15) is 9.90 Å². The van der Waals surface area contributed by atoms with Crippen molar-refractivity contribution in [2.24, 2.45) is 11.3 Å². The van der Waals surface area contributed by atoms with Crippen molar-refractivity contribution in [1.82, 2.24) is 9.97 Å². The van der Waals surface area contributed by atoms with Crippen LogP contribution in [0.4, 0.5) is 5.82 Å². The lowest BCUT2D eigenvalue weighted by atomic mass is 9.84. The van der Waals surface area contributed by atoms with Gasteiger partial charge in [-0.25, -0.2) is 9.97 Å². The van der Waals surface area contributed by atoms with Gasteiger partial charge < -0.3 is 10.4 Å². The molecule has 0 bridgehead atoms. The molecule has 0 radical (unpaired) electrons. The Morgan fingerprint density at radius 1 is 1.50 bits per heavy atom. The molecule has 0 saturated carbocycles. The summed E-state index contributed by atoms with van der Waals surface area (Å²) in [5.41, 5.74) is -0.00761. The van der Waals surface area contributed by atoms with Crippen LogP contribution in [0.25, 0.3) is 0 Å². The molecule has 5 heteroatoms. The number of rotatable bonds is 5. The minimum atomic E-state index is -0.775. The van der Waals surface area contributed by atoms with Crippen LogP contribution in [0, 0.1) is 18.3 Å². The summed E-state index contributed by atoms with van der Waals surface area (Å²) in [5.74, 6) is 0.147. The van der Waals surface area contributed by atoms with Crippen LogP contribution in [0.1, 0.15) is 33.0 Å². The van der Waals surface area contributed by atoms with E-state index in [1.54, 1.807) is 19.2 Å². The molecule has 5 nitrogen and oxygen atoms in total. The standard InChI is InChI=1S/C13H21N3O2/c1-9-14-6-5-11(16-9)15-8-10(12(17)18)7-13(2,3)4/h5-6,10H,7-8H2,1-4H3,(H,17,18)(H,14,15,16). The average Bonchev–Trinajstić information content (AvgIpc) is 2.22. The van der Waals surface area contributed by atoms with Crippen molar-refractivity contribution in [3.63, 3.8) is 0 Å². The van der Waals surface area contributed by atoms with E-state index in [4.69, 9.17) is 0 Å². The predicted molar refractivity (Wildman–Crippen MR) is 70.5 cm³/mol. The number of aliphatic carboxylic acids is 1. The van der Waals surface area contributed by atoms with Crippen LogP contribution in [0.2, 0.25) is 0 Å². The first-order valence-electron chi connectivity index (χ1n) is 6.04. The number of aromatic nitrogens is 2. The quantitative estimate of drug-likeness (QED) is 0.840. The zero-order valence-corrected chi connectivity index (χ0v) is 11.4. The molecular weight excluding hydrogens is 230 g/mol. The van der Waals surface area contributed by atoms with Crippen LogP contribution in [0.5, 0.6) is 0 Å². The van der Waals surface area contributed by atoms with Gasteiger partial charge in [0.05, 0.1) is 5.92 Å². The van der Waals surface area contributed by atoms with Crippen molar-refractivity contribution in [2.45, 2.75) is 34.1 Å². The highest BCUT2D eigenvalue weighted by molar-refractivity contribution is 5.70. The van der Waals surface area contributed by atoms with Gasteiger partial charge in [0.2, 0.25) is 0 Å². The van der Waals surface area contributed by atoms with E-state index < -0.39 is 11.9 Å². The van der Waals surface area contributed by atoms with E-state index in [1.807, 2.05) is 20.8 Å². The normalized spacial score (nSPS) is 13.1. The summed E-state index contributed by atoms with van der Waals surface area (Å²) >= 11 is 0. The van der Waals surface area contributed by atoms with E-state index in [2.05, 4.69) is 15.3 Å². The molecule has 0 saturated heterocycles. The zero-order valence-electron chi connectivity index (χ0n) is 11.4. The lowest BCUT2D eigenvalue weighted by Crippen LogP contribution is -2.27. The van der Waals surface area contributed by atoms with Crippen molar-refractivity contribution in [1.29, 1.82) is 0 Å². The summed E-state index contributed by atoms with van der Waals surface area (Å²) in [4.78, 5) is 19.4. The highest BCUT2D eigenvalue weighted by Crippen LogP contribution is 2.24. The first-order chi connectivity index (χ1) is 8.28. The molecule has 18 heavy (non-hydrogen) atoms. The number of aryl methyl sites for hydroxylation is 1. The molecule has 1 aromatic heterocycles. The van der Waals surface area contributed by atoms with Crippen LogP contribution in [-0.4, -0.2) is 27.6 Å². The largest absolute Gasteiger partial charge is 0.481 e. The van der Waals surface area contributed by atoms with Gasteiger partial charge in [-0.2, -0.15) is 0 Å². The minimum Gasteiger partial charge on any atom is -0.481 e. The maximum absolute atomic E-state index is 11.2. The van der Waals surface area contributed by atoms with Crippen LogP contribution in [0.3, 0.4) is 0 Å². The lowest BCUT2D eigenvalue weighted by Gasteiger charge is -2.23. The minimum absolute atomic E-state index is 0.00761. The van der Waals surface area contributed by atoms with Crippen LogP contribution in [-0.2, 0) is 4.79 Å². The van der Waals surface area contributed by atoms with Crippen molar-refractivity contribution >= 4 is 11.8 Å². The number of carbonyl (C=O) groups is 1. The Kier molecular flexibility index (Phi) is 4.64. The van der Waals surface area contributed by atoms with Crippen LogP contribution < -0.4 is 5.32 Å². The molecule has 1 unspecified atom stereocenters. The summed E-state index contributed by atoms with van der Waals surface area (Å²) in [5, 5.41) is 12.3. The third kappa shape index (κ3) is 5.12.